The molecule has 1 atom stereocenters. The summed E-state index contributed by atoms with van der Waals surface area (Å²) in [5, 5.41) is 3.84. The summed E-state index contributed by atoms with van der Waals surface area (Å²) in [6.45, 7) is 4.11. The molecule has 94 valence electrons. The second kappa shape index (κ2) is 7.49. The Bertz CT molecular complexity index is 337. The average Bonchev–Trinajstić information content (AvgIpc) is 2.28. The third kappa shape index (κ3) is 5.87. The molecular weight excluding hydrogens is 278 g/mol. The number of hydrogen-bond donors (Lipinski definition) is 1. The van der Waals surface area contributed by atoms with Gasteiger partial charge in [0.25, 0.3) is 0 Å². The average molecular weight is 298 g/mol. The standard InChI is InChI=1S/C14H20BrNO/c1-11(2)8-14(17)16-13(10-15)9-12-6-4-3-5-7-12/h3-7,11,13H,8-10H2,1-2H3,(H,16,17). The second-order valence-electron chi connectivity index (χ2n) is 4.71. The van der Waals surface area contributed by atoms with E-state index < -0.39 is 0 Å². The number of carbonyl (C=O) groups excluding carboxylic acids is 1. The Morgan fingerprint density at radius 3 is 2.47 bits per heavy atom. The largest absolute Gasteiger partial charge is 0.352 e. The molecule has 1 unspecified atom stereocenters. The maximum absolute atomic E-state index is 11.7. The Morgan fingerprint density at radius 1 is 1.29 bits per heavy atom. The number of halogens is 1. The summed E-state index contributed by atoms with van der Waals surface area (Å²) < 4.78 is 0. The van der Waals surface area contributed by atoms with Crippen LogP contribution in [0.5, 0.6) is 0 Å². The number of alkyl halides is 1. The van der Waals surface area contributed by atoms with Gasteiger partial charge in [0.15, 0.2) is 0 Å². The van der Waals surface area contributed by atoms with Crippen LogP contribution in [-0.2, 0) is 11.2 Å². The van der Waals surface area contributed by atoms with E-state index in [9.17, 15) is 4.79 Å². The molecule has 0 saturated heterocycles. The van der Waals surface area contributed by atoms with Crippen molar-refractivity contribution >= 4 is 21.8 Å². The first kappa shape index (κ1) is 14.2. The zero-order valence-electron chi connectivity index (χ0n) is 10.4. The maximum Gasteiger partial charge on any atom is 0.220 e. The highest BCUT2D eigenvalue weighted by Gasteiger charge is 2.12. The van der Waals surface area contributed by atoms with Gasteiger partial charge in [0.05, 0.1) is 0 Å². The van der Waals surface area contributed by atoms with E-state index in [1.54, 1.807) is 0 Å². The molecule has 1 rings (SSSR count). The molecular formula is C14H20BrNO. The number of benzene rings is 1. The third-order valence-electron chi connectivity index (χ3n) is 2.47. The molecule has 0 aliphatic carbocycles. The van der Waals surface area contributed by atoms with E-state index in [0.29, 0.717) is 12.3 Å². The Balaban J connectivity index is 2.46. The lowest BCUT2D eigenvalue weighted by atomic mass is 10.1. The summed E-state index contributed by atoms with van der Waals surface area (Å²) in [7, 11) is 0. The molecule has 3 heteroatoms. The van der Waals surface area contributed by atoms with Gasteiger partial charge in [0.2, 0.25) is 5.91 Å². The van der Waals surface area contributed by atoms with E-state index in [1.807, 2.05) is 18.2 Å². The van der Waals surface area contributed by atoms with Crippen molar-refractivity contribution in [1.82, 2.24) is 5.32 Å². The minimum absolute atomic E-state index is 0.139. The second-order valence-corrected chi connectivity index (χ2v) is 5.35. The SMILES string of the molecule is CC(C)CC(=O)NC(CBr)Cc1ccccc1. The number of carbonyl (C=O) groups is 1. The number of amides is 1. The van der Waals surface area contributed by atoms with Crippen molar-refractivity contribution in [2.75, 3.05) is 5.33 Å². The van der Waals surface area contributed by atoms with Crippen LogP contribution in [0.1, 0.15) is 25.8 Å². The number of hydrogen-bond acceptors (Lipinski definition) is 1. The van der Waals surface area contributed by atoms with Crippen molar-refractivity contribution in [2.24, 2.45) is 5.92 Å². The fourth-order valence-corrected chi connectivity index (χ4v) is 2.09. The van der Waals surface area contributed by atoms with E-state index >= 15 is 0 Å². The highest BCUT2D eigenvalue weighted by atomic mass is 79.9. The van der Waals surface area contributed by atoms with Crippen molar-refractivity contribution in [3.05, 3.63) is 35.9 Å². The molecule has 0 saturated carbocycles. The van der Waals surface area contributed by atoms with Crippen LogP contribution in [0.25, 0.3) is 0 Å². The number of rotatable bonds is 6. The predicted octanol–water partition coefficient (Wildman–Crippen LogP) is 3.15. The highest BCUT2D eigenvalue weighted by molar-refractivity contribution is 9.09. The molecule has 0 bridgehead atoms. The van der Waals surface area contributed by atoms with E-state index in [-0.39, 0.29) is 11.9 Å². The van der Waals surface area contributed by atoms with Gasteiger partial charge in [-0.1, -0.05) is 60.1 Å². The predicted molar refractivity (Wildman–Crippen MR) is 75.3 cm³/mol. The lowest BCUT2D eigenvalue weighted by molar-refractivity contribution is -0.122. The highest BCUT2D eigenvalue weighted by Crippen LogP contribution is 2.06. The molecule has 1 amide bonds. The molecule has 2 nitrogen and oxygen atoms in total. The lowest BCUT2D eigenvalue weighted by Gasteiger charge is -2.17. The van der Waals surface area contributed by atoms with Crippen LogP contribution in [0.15, 0.2) is 30.3 Å². The van der Waals surface area contributed by atoms with Crippen molar-refractivity contribution in [3.8, 4) is 0 Å². The molecule has 17 heavy (non-hydrogen) atoms. The third-order valence-corrected chi connectivity index (χ3v) is 3.25. The van der Waals surface area contributed by atoms with Gasteiger partial charge < -0.3 is 5.32 Å². The fraction of sp³-hybridized carbons (Fsp3) is 0.500. The minimum Gasteiger partial charge on any atom is -0.352 e. The maximum atomic E-state index is 11.7. The molecule has 0 aromatic heterocycles. The van der Waals surface area contributed by atoms with Gasteiger partial charge in [-0.2, -0.15) is 0 Å². The van der Waals surface area contributed by atoms with Crippen LogP contribution in [0.3, 0.4) is 0 Å². The lowest BCUT2D eigenvalue weighted by Crippen LogP contribution is -2.38. The molecule has 0 heterocycles. The molecule has 0 radical (unpaired) electrons. The van der Waals surface area contributed by atoms with Crippen LogP contribution in [-0.4, -0.2) is 17.3 Å². The molecule has 0 fully saturated rings. The molecule has 1 aromatic rings. The van der Waals surface area contributed by atoms with Crippen molar-refractivity contribution in [3.63, 3.8) is 0 Å². The van der Waals surface area contributed by atoms with Gasteiger partial charge in [0, 0.05) is 17.8 Å². The molecule has 1 N–H and O–H groups in total. The van der Waals surface area contributed by atoms with Crippen molar-refractivity contribution < 1.29 is 4.79 Å². The molecule has 0 aliphatic rings. The monoisotopic (exact) mass is 297 g/mol. The Morgan fingerprint density at radius 2 is 1.94 bits per heavy atom. The van der Waals surface area contributed by atoms with Crippen LogP contribution in [0, 0.1) is 5.92 Å². The van der Waals surface area contributed by atoms with Gasteiger partial charge in [-0.05, 0) is 17.9 Å². The zero-order chi connectivity index (χ0) is 12.7. The van der Waals surface area contributed by atoms with Crippen LogP contribution in [0.4, 0.5) is 0 Å². The van der Waals surface area contributed by atoms with Crippen LogP contribution < -0.4 is 5.32 Å². The first-order valence-corrected chi connectivity index (χ1v) is 7.13. The van der Waals surface area contributed by atoms with Gasteiger partial charge >= 0.3 is 0 Å². The Labute approximate surface area is 112 Å². The molecule has 1 aromatic carbocycles. The van der Waals surface area contributed by atoms with Crippen LogP contribution in [0.2, 0.25) is 0 Å². The molecule has 0 aliphatic heterocycles. The first-order chi connectivity index (χ1) is 8.11. The number of nitrogens with one attached hydrogen (secondary N) is 1. The van der Waals surface area contributed by atoms with E-state index in [0.717, 1.165) is 11.8 Å². The summed E-state index contributed by atoms with van der Waals surface area (Å²) in [6, 6.07) is 10.4. The van der Waals surface area contributed by atoms with Crippen LogP contribution >= 0.6 is 15.9 Å². The first-order valence-electron chi connectivity index (χ1n) is 6.01. The topological polar surface area (TPSA) is 29.1 Å². The molecule has 0 spiro atoms. The summed E-state index contributed by atoms with van der Waals surface area (Å²) in [4.78, 5) is 11.7. The summed E-state index contributed by atoms with van der Waals surface area (Å²) in [6.07, 6.45) is 1.47. The minimum atomic E-state index is 0.139. The summed E-state index contributed by atoms with van der Waals surface area (Å²) in [5.41, 5.74) is 1.25. The Kier molecular flexibility index (Phi) is 6.27. The summed E-state index contributed by atoms with van der Waals surface area (Å²) in [5.74, 6) is 0.545. The van der Waals surface area contributed by atoms with Gasteiger partial charge in [-0.15, -0.1) is 0 Å². The van der Waals surface area contributed by atoms with Crippen molar-refractivity contribution in [2.45, 2.75) is 32.7 Å². The van der Waals surface area contributed by atoms with Crippen molar-refractivity contribution in [1.29, 1.82) is 0 Å². The van der Waals surface area contributed by atoms with E-state index in [1.165, 1.54) is 5.56 Å². The quantitative estimate of drug-likeness (QED) is 0.803. The normalized spacial score (nSPS) is 12.5. The zero-order valence-corrected chi connectivity index (χ0v) is 12.0. The fourth-order valence-electron chi connectivity index (χ4n) is 1.70. The van der Waals surface area contributed by atoms with E-state index in [4.69, 9.17) is 0 Å². The summed E-state index contributed by atoms with van der Waals surface area (Å²) >= 11 is 3.45. The van der Waals surface area contributed by atoms with Gasteiger partial charge in [-0.3, -0.25) is 4.79 Å². The van der Waals surface area contributed by atoms with Gasteiger partial charge in [0.1, 0.15) is 0 Å². The van der Waals surface area contributed by atoms with E-state index in [2.05, 4.69) is 47.2 Å². The Hall–Kier alpha value is -0.830. The smallest absolute Gasteiger partial charge is 0.220 e. The van der Waals surface area contributed by atoms with Gasteiger partial charge in [-0.25, -0.2) is 0 Å².